The molecule has 2 heterocycles. The predicted octanol–water partition coefficient (Wildman–Crippen LogP) is 3.86. The molecule has 0 bridgehead atoms. The van der Waals surface area contributed by atoms with Gasteiger partial charge in [0.2, 0.25) is 17.7 Å². The van der Waals surface area contributed by atoms with E-state index in [0.717, 1.165) is 33.9 Å². The van der Waals surface area contributed by atoms with E-state index in [1.54, 1.807) is 36.2 Å². The highest BCUT2D eigenvalue weighted by atomic mass is 32.2. The molecular weight excluding hydrogens is 512 g/mol. The second-order valence-corrected chi connectivity index (χ2v) is 9.64. The zero-order valence-electron chi connectivity index (χ0n) is 20.4. The zero-order chi connectivity index (χ0) is 24.6. The number of carbonyl (C=O) groups is 1. The maximum Gasteiger partial charge on any atom is 0.247 e. The highest BCUT2D eigenvalue weighted by Crippen LogP contribution is 2.33. The first kappa shape index (κ1) is 29.7. The Morgan fingerprint density at radius 3 is 2.62 bits per heavy atom. The predicted molar refractivity (Wildman–Crippen MR) is 152 cm³/mol. The van der Waals surface area contributed by atoms with E-state index in [4.69, 9.17) is 4.74 Å². The number of fused-ring (bicyclic) bond motifs is 1. The normalized spacial score (nSPS) is 10.4. The van der Waals surface area contributed by atoms with E-state index in [9.17, 15) is 4.79 Å². The summed E-state index contributed by atoms with van der Waals surface area (Å²) in [6.45, 7) is 5.36. The third kappa shape index (κ3) is 8.53. The van der Waals surface area contributed by atoms with Gasteiger partial charge in [0.25, 0.3) is 0 Å². The molecule has 37 heavy (non-hydrogen) atoms. The number of likely N-dealkylation sites (N-methyl/N-ethyl adjacent to an activating group) is 1. The number of nitrogens with zero attached hydrogens (tertiary/aromatic N) is 3. The molecule has 0 aliphatic carbocycles. The van der Waals surface area contributed by atoms with Crippen LogP contribution in [0.2, 0.25) is 0 Å². The molecule has 2 aromatic carbocycles. The second kappa shape index (κ2) is 14.3. The molecular formula is C25H30N6O4S2. The van der Waals surface area contributed by atoms with Crippen molar-refractivity contribution in [3.8, 4) is 11.6 Å². The fourth-order valence-corrected chi connectivity index (χ4v) is 4.43. The fraction of sp³-hybridized carbons (Fsp3) is 0.160. The minimum atomic E-state index is -0.287. The van der Waals surface area contributed by atoms with Crippen LogP contribution in [0.15, 0.2) is 77.5 Å². The molecule has 2 aromatic heterocycles. The maximum absolute atomic E-state index is 11.6. The molecule has 0 spiro atoms. The molecule has 1 amide bonds. The average molecular weight is 543 g/mol. The first-order chi connectivity index (χ1) is 17.0. The lowest BCUT2D eigenvalue weighted by Gasteiger charge is -2.11. The van der Waals surface area contributed by atoms with Gasteiger partial charge in [-0.1, -0.05) is 12.6 Å². The summed E-state index contributed by atoms with van der Waals surface area (Å²) in [5.74, 6) is 1.14. The molecule has 0 saturated heterocycles. The molecule has 4 aromatic rings. The minimum Gasteiger partial charge on any atom is -0.437 e. The van der Waals surface area contributed by atoms with Crippen molar-refractivity contribution < 1.29 is 20.5 Å². The molecule has 0 radical (unpaired) electrons. The molecule has 7 N–H and O–H groups in total. The van der Waals surface area contributed by atoms with E-state index in [0.29, 0.717) is 23.3 Å². The van der Waals surface area contributed by atoms with Gasteiger partial charge in [-0.05, 0) is 80.0 Å². The van der Waals surface area contributed by atoms with Crippen LogP contribution in [-0.4, -0.2) is 58.9 Å². The van der Waals surface area contributed by atoms with Gasteiger partial charge in [0.05, 0.1) is 5.52 Å². The molecule has 0 saturated carbocycles. The van der Waals surface area contributed by atoms with E-state index >= 15 is 0 Å². The summed E-state index contributed by atoms with van der Waals surface area (Å²) in [6, 6.07) is 17.1. The smallest absolute Gasteiger partial charge is 0.247 e. The number of hydrogen-bond donors (Lipinski definition) is 3. The lowest BCUT2D eigenvalue weighted by molar-refractivity contribution is -0.111. The molecule has 10 nitrogen and oxygen atoms in total. The van der Waals surface area contributed by atoms with Crippen molar-refractivity contribution in [2.45, 2.75) is 4.90 Å². The van der Waals surface area contributed by atoms with Crippen LogP contribution >= 0.6 is 23.3 Å². The SMILES string of the molecule is C=CC(=O)Nc1cccc(Oc2nc(Nc3ccc(SNCCN(C)C)cc3)nc3ccsc23)c1.O.O. The molecule has 0 fully saturated rings. The molecule has 4 rings (SSSR count). The summed E-state index contributed by atoms with van der Waals surface area (Å²) < 4.78 is 10.3. The van der Waals surface area contributed by atoms with Crippen molar-refractivity contribution in [3.05, 3.63) is 72.6 Å². The monoisotopic (exact) mass is 542 g/mol. The third-order valence-electron chi connectivity index (χ3n) is 4.74. The van der Waals surface area contributed by atoms with Gasteiger partial charge in [-0.25, -0.2) is 4.98 Å². The van der Waals surface area contributed by atoms with E-state index in [1.807, 2.05) is 35.7 Å². The van der Waals surface area contributed by atoms with Crippen LogP contribution in [-0.2, 0) is 4.79 Å². The number of anilines is 3. The van der Waals surface area contributed by atoms with Gasteiger partial charge in [-0.2, -0.15) is 4.98 Å². The second-order valence-electron chi connectivity index (χ2n) is 7.76. The quantitative estimate of drug-likeness (QED) is 0.147. The first-order valence-electron chi connectivity index (χ1n) is 10.9. The summed E-state index contributed by atoms with van der Waals surface area (Å²) in [5.41, 5.74) is 2.27. The minimum absolute atomic E-state index is 0. The number of nitrogens with one attached hydrogen (secondary N) is 3. The number of hydrogen-bond acceptors (Lipinski definition) is 9. The Bertz CT molecular complexity index is 1310. The van der Waals surface area contributed by atoms with Crippen molar-refractivity contribution in [2.75, 3.05) is 37.8 Å². The summed E-state index contributed by atoms with van der Waals surface area (Å²) in [5, 5.41) is 7.95. The van der Waals surface area contributed by atoms with E-state index in [1.165, 1.54) is 17.4 Å². The molecule has 0 atom stereocenters. The van der Waals surface area contributed by atoms with Crippen LogP contribution in [0.25, 0.3) is 10.2 Å². The number of aromatic nitrogens is 2. The molecule has 196 valence electrons. The Morgan fingerprint density at radius 1 is 1.11 bits per heavy atom. The maximum atomic E-state index is 11.6. The summed E-state index contributed by atoms with van der Waals surface area (Å²) >= 11 is 3.11. The lowest BCUT2D eigenvalue weighted by atomic mass is 10.3. The van der Waals surface area contributed by atoms with Crippen LogP contribution in [0.1, 0.15) is 0 Å². The number of amides is 1. The van der Waals surface area contributed by atoms with Crippen molar-refractivity contribution in [1.82, 2.24) is 19.6 Å². The van der Waals surface area contributed by atoms with Gasteiger partial charge in [0.15, 0.2) is 0 Å². The summed E-state index contributed by atoms with van der Waals surface area (Å²) in [6.07, 6.45) is 1.22. The van der Waals surface area contributed by atoms with Gasteiger partial charge in [0, 0.05) is 35.4 Å². The number of rotatable bonds is 11. The van der Waals surface area contributed by atoms with Crippen LogP contribution in [0.5, 0.6) is 11.6 Å². The number of benzene rings is 2. The van der Waals surface area contributed by atoms with Crippen LogP contribution in [0, 0.1) is 0 Å². The summed E-state index contributed by atoms with van der Waals surface area (Å²) in [7, 11) is 4.11. The van der Waals surface area contributed by atoms with E-state index in [2.05, 4.69) is 50.9 Å². The number of thiophene rings is 1. The van der Waals surface area contributed by atoms with Crippen LogP contribution in [0.3, 0.4) is 0 Å². The van der Waals surface area contributed by atoms with Gasteiger partial charge in [0.1, 0.15) is 10.4 Å². The van der Waals surface area contributed by atoms with Gasteiger partial charge in [-0.3, -0.25) is 9.52 Å². The molecule has 0 unspecified atom stereocenters. The Morgan fingerprint density at radius 2 is 1.89 bits per heavy atom. The van der Waals surface area contributed by atoms with Gasteiger partial charge in [-0.15, -0.1) is 11.3 Å². The Labute approximate surface area is 223 Å². The van der Waals surface area contributed by atoms with E-state index in [-0.39, 0.29) is 16.9 Å². The molecule has 0 aliphatic heterocycles. The number of carbonyl (C=O) groups excluding carboxylic acids is 1. The highest BCUT2D eigenvalue weighted by Gasteiger charge is 2.12. The standard InChI is InChI=1S/C25H26N6O2S2.2H2O/c1-4-22(32)27-18-6-5-7-19(16-18)33-24-23-21(12-15-34-23)29-25(30-24)28-17-8-10-20(11-9-17)35-26-13-14-31(2)3;;/h4-12,15-16,26H,1,13-14H2,2-3H3,(H,27,32)(H,28,29,30);2*1H2. The van der Waals surface area contributed by atoms with Gasteiger partial charge >= 0.3 is 0 Å². The Kier molecular flexibility index (Phi) is 11.5. The highest BCUT2D eigenvalue weighted by molar-refractivity contribution is 7.97. The Balaban J connectivity index is 0.00000241. The van der Waals surface area contributed by atoms with Crippen molar-refractivity contribution >= 4 is 56.7 Å². The van der Waals surface area contributed by atoms with Crippen LogP contribution < -0.4 is 20.1 Å². The first-order valence-corrected chi connectivity index (χ1v) is 12.6. The van der Waals surface area contributed by atoms with Crippen LogP contribution in [0.4, 0.5) is 17.3 Å². The average Bonchev–Trinajstić information content (AvgIpc) is 3.32. The van der Waals surface area contributed by atoms with Crippen molar-refractivity contribution in [1.29, 1.82) is 0 Å². The van der Waals surface area contributed by atoms with E-state index < -0.39 is 0 Å². The number of ether oxygens (including phenoxy) is 1. The zero-order valence-corrected chi connectivity index (χ0v) is 22.1. The Hall–Kier alpha value is -3.52. The van der Waals surface area contributed by atoms with Crippen molar-refractivity contribution in [2.24, 2.45) is 0 Å². The molecule has 12 heteroatoms. The topological polar surface area (TPSA) is 154 Å². The van der Waals surface area contributed by atoms with Crippen molar-refractivity contribution in [3.63, 3.8) is 0 Å². The molecule has 0 aliphatic rings. The fourth-order valence-electron chi connectivity index (χ4n) is 3.04. The summed E-state index contributed by atoms with van der Waals surface area (Å²) in [4.78, 5) is 24.1. The van der Waals surface area contributed by atoms with Gasteiger partial charge < -0.3 is 31.2 Å². The lowest BCUT2D eigenvalue weighted by Crippen LogP contribution is -2.22. The third-order valence-corrected chi connectivity index (χ3v) is 6.48. The largest absolute Gasteiger partial charge is 0.437 e.